The summed E-state index contributed by atoms with van der Waals surface area (Å²) in [6, 6.07) is 10.2. The Labute approximate surface area is 141 Å². The lowest BCUT2D eigenvalue weighted by Crippen LogP contribution is -2.39. The Morgan fingerprint density at radius 3 is 2.88 bits per heavy atom. The summed E-state index contributed by atoms with van der Waals surface area (Å²) < 4.78 is 18.6. The third-order valence-electron chi connectivity index (χ3n) is 4.33. The highest BCUT2D eigenvalue weighted by molar-refractivity contribution is 5.81. The molecule has 1 amide bonds. The van der Waals surface area contributed by atoms with Crippen LogP contribution < -0.4 is 4.74 Å². The molecule has 1 aromatic heterocycles. The van der Waals surface area contributed by atoms with Gasteiger partial charge in [-0.1, -0.05) is 12.1 Å². The number of likely N-dealkylation sites (tertiary alicyclic amines) is 1. The van der Waals surface area contributed by atoms with Gasteiger partial charge in [0.15, 0.2) is 6.10 Å². The lowest BCUT2D eigenvalue weighted by molar-refractivity contribution is -0.137. The van der Waals surface area contributed by atoms with Crippen LogP contribution in [0.2, 0.25) is 0 Å². The first-order valence-corrected chi connectivity index (χ1v) is 8.22. The van der Waals surface area contributed by atoms with Crippen LogP contribution in [-0.4, -0.2) is 35.0 Å². The van der Waals surface area contributed by atoms with E-state index in [0.717, 1.165) is 31.5 Å². The number of aromatic nitrogens is 1. The van der Waals surface area contributed by atoms with E-state index in [2.05, 4.69) is 4.98 Å². The summed E-state index contributed by atoms with van der Waals surface area (Å²) in [6.07, 6.45) is 4.56. The van der Waals surface area contributed by atoms with E-state index < -0.39 is 6.10 Å². The number of hydrogen-bond donors (Lipinski definition) is 0. The first-order valence-electron chi connectivity index (χ1n) is 8.22. The van der Waals surface area contributed by atoms with Crippen molar-refractivity contribution in [1.82, 2.24) is 9.88 Å². The van der Waals surface area contributed by atoms with Crippen LogP contribution in [-0.2, 0) is 11.2 Å². The monoisotopic (exact) mass is 328 g/mol. The largest absolute Gasteiger partial charge is 0.479 e. The van der Waals surface area contributed by atoms with Crippen LogP contribution in [0.15, 0.2) is 48.8 Å². The fourth-order valence-electron chi connectivity index (χ4n) is 3.08. The molecule has 0 saturated carbocycles. The first kappa shape index (κ1) is 16.4. The van der Waals surface area contributed by atoms with Gasteiger partial charge >= 0.3 is 0 Å². The van der Waals surface area contributed by atoms with Crippen molar-refractivity contribution >= 4 is 5.91 Å². The van der Waals surface area contributed by atoms with E-state index >= 15 is 0 Å². The Balaban J connectivity index is 1.52. The van der Waals surface area contributed by atoms with E-state index in [4.69, 9.17) is 4.74 Å². The van der Waals surface area contributed by atoms with Gasteiger partial charge in [0.25, 0.3) is 5.91 Å². The number of amides is 1. The van der Waals surface area contributed by atoms with Gasteiger partial charge in [-0.15, -0.1) is 0 Å². The molecule has 1 aliphatic rings. The number of benzene rings is 1. The Kier molecular flexibility index (Phi) is 5.08. The number of hydrogen-bond acceptors (Lipinski definition) is 3. The molecule has 0 aliphatic carbocycles. The van der Waals surface area contributed by atoms with Crippen molar-refractivity contribution in [3.05, 3.63) is 60.2 Å². The SMILES string of the molecule is C[C@@H](Oc1cccnc1)C(=O)N1CC[C@H](Cc2ccc(F)cc2)C1. The maximum atomic E-state index is 13.0. The number of pyridine rings is 1. The lowest BCUT2D eigenvalue weighted by atomic mass is 9.99. The van der Waals surface area contributed by atoms with Crippen LogP contribution in [0.4, 0.5) is 4.39 Å². The fourth-order valence-corrected chi connectivity index (χ4v) is 3.08. The van der Waals surface area contributed by atoms with E-state index in [-0.39, 0.29) is 11.7 Å². The van der Waals surface area contributed by atoms with E-state index in [1.807, 2.05) is 17.0 Å². The van der Waals surface area contributed by atoms with Crippen LogP contribution >= 0.6 is 0 Å². The number of ether oxygens (including phenoxy) is 1. The van der Waals surface area contributed by atoms with Crippen LogP contribution in [0.5, 0.6) is 5.75 Å². The van der Waals surface area contributed by atoms with Gasteiger partial charge in [0.2, 0.25) is 0 Å². The molecule has 1 saturated heterocycles. The van der Waals surface area contributed by atoms with Gasteiger partial charge in [-0.2, -0.15) is 0 Å². The third kappa shape index (κ3) is 4.10. The maximum absolute atomic E-state index is 13.0. The van der Waals surface area contributed by atoms with E-state index in [1.165, 1.54) is 12.1 Å². The highest BCUT2D eigenvalue weighted by atomic mass is 19.1. The Hall–Kier alpha value is -2.43. The van der Waals surface area contributed by atoms with Crippen molar-refractivity contribution < 1.29 is 13.9 Å². The van der Waals surface area contributed by atoms with Crippen molar-refractivity contribution in [3.8, 4) is 5.75 Å². The number of carbonyl (C=O) groups excluding carboxylic acids is 1. The third-order valence-corrected chi connectivity index (χ3v) is 4.33. The van der Waals surface area contributed by atoms with E-state index in [9.17, 15) is 9.18 Å². The van der Waals surface area contributed by atoms with Gasteiger partial charge in [-0.05, 0) is 55.5 Å². The number of rotatable bonds is 5. The summed E-state index contributed by atoms with van der Waals surface area (Å²) in [5.74, 6) is 0.786. The maximum Gasteiger partial charge on any atom is 0.263 e. The molecule has 0 unspecified atom stereocenters. The van der Waals surface area contributed by atoms with Crippen LogP contribution in [0.25, 0.3) is 0 Å². The second kappa shape index (κ2) is 7.43. The van der Waals surface area contributed by atoms with Gasteiger partial charge in [-0.3, -0.25) is 9.78 Å². The Morgan fingerprint density at radius 2 is 2.17 bits per heavy atom. The smallest absolute Gasteiger partial charge is 0.263 e. The minimum atomic E-state index is -0.529. The summed E-state index contributed by atoms with van der Waals surface area (Å²) in [6.45, 7) is 3.23. The fraction of sp³-hybridized carbons (Fsp3) is 0.368. The molecule has 1 fully saturated rings. The van der Waals surface area contributed by atoms with Gasteiger partial charge in [0.05, 0.1) is 6.20 Å². The zero-order valence-corrected chi connectivity index (χ0v) is 13.7. The Bertz CT molecular complexity index is 676. The highest BCUT2D eigenvalue weighted by Gasteiger charge is 2.30. The van der Waals surface area contributed by atoms with Crippen molar-refractivity contribution in [2.75, 3.05) is 13.1 Å². The predicted octanol–water partition coefficient (Wildman–Crippen LogP) is 3.08. The van der Waals surface area contributed by atoms with Crippen LogP contribution in [0.1, 0.15) is 18.9 Å². The lowest BCUT2D eigenvalue weighted by Gasteiger charge is -2.21. The normalized spacial score (nSPS) is 18.4. The summed E-state index contributed by atoms with van der Waals surface area (Å²) in [4.78, 5) is 18.4. The standard InChI is InChI=1S/C19H21FN2O2/c1-14(24-18-3-2-9-21-12-18)19(23)22-10-8-16(13-22)11-15-4-6-17(20)7-5-15/h2-7,9,12,14,16H,8,10-11,13H2,1H3/t14-,16-/m1/s1. The molecule has 126 valence electrons. The van der Waals surface area contributed by atoms with Gasteiger partial charge in [0, 0.05) is 19.3 Å². The van der Waals surface area contributed by atoms with Crippen molar-refractivity contribution in [2.45, 2.75) is 25.9 Å². The molecule has 0 spiro atoms. The van der Waals surface area contributed by atoms with Crippen molar-refractivity contribution in [1.29, 1.82) is 0 Å². The minimum Gasteiger partial charge on any atom is -0.479 e. The molecular formula is C19H21FN2O2. The number of halogens is 1. The van der Waals surface area contributed by atoms with E-state index in [1.54, 1.807) is 31.5 Å². The summed E-state index contributed by atoms with van der Waals surface area (Å²) >= 11 is 0. The highest BCUT2D eigenvalue weighted by Crippen LogP contribution is 2.22. The molecule has 0 N–H and O–H groups in total. The van der Waals surface area contributed by atoms with Crippen molar-refractivity contribution in [3.63, 3.8) is 0 Å². The molecule has 3 rings (SSSR count). The molecular weight excluding hydrogens is 307 g/mol. The van der Waals surface area contributed by atoms with Gasteiger partial charge in [0.1, 0.15) is 11.6 Å². The predicted molar refractivity (Wildman–Crippen MR) is 89.1 cm³/mol. The minimum absolute atomic E-state index is 0.000425. The topological polar surface area (TPSA) is 42.4 Å². The average Bonchev–Trinajstić information content (AvgIpc) is 3.05. The quantitative estimate of drug-likeness (QED) is 0.847. The second-order valence-corrected chi connectivity index (χ2v) is 6.22. The molecule has 1 aromatic carbocycles. The molecule has 0 radical (unpaired) electrons. The number of carbonyl (C=O) groups is 1. The van der Waals surface area contributed by atoms with Crippen LogP contribution in [0.3, 0.4) is 0 Å². The van der Waals surface area contributed by atoms with Crippen molar-refractivity contribution in [2.24, 2.45) is 5.92 Å². The summed E-state index contributed by atoms with van der Waals surface area (Å²) in [7, 11) is 0. The average molecular weight is 328 g/mol. The van der Waals surface area contributed by atoms with Crippen LogP contribution in [0, 0.1) is 11.7 Å². The summed E-state index contributed by atoms with van der Waals surface area (Å²) in [5, 5.41) is 0. The Morgan fingerprint density at radius 1 is 1.38 bits per heavy atom. The molecule has 0 bridgehead atoms. The molecule has 5 heteroatoms. The molecule has 4 nitrogen and oxygen atoms in total. The summed E-state index contributed by atoms with van der Waals surface area (Å²) in [5.41, 5.74) is 1.11. The molecule has 2 atom stereocenters. The zero-order valence-electron chi connectivity index (χ0n) is 13.7. The molecule has 2 heterocycles. The van der Waals surface area contributed by atoms with Gasteiger partial charge < -0.3 is 9.64 Å². The van der Waals surface area contributed by atoms with Gasteiger partial charge in [-0.25, -0.2) is 4.39 Å². The zero-order chi connectivity index (χ0) is 16.9. The van der Waals surface area contributed by atoms with E-state index in [0.29, 0.717) is 11.7 Å². The molecule has 1 aliphatic heterocycles. The first-order chi connectivity index (χ1) is 11.6. The number of nitrogens with zero attached hydrogens (tertiary/aromatic N) is 2. The molecule has 2 aromatic rings. The molecule has 24 heavy (non-hydrogen) atoms. The second-order valence-electron chi connectivity index (χ2n) is 6.22.